The molecule has 1 aliphatic carbocycles. The number of likely N-dealkylation sites (tertiary alicyclic amines) is 1. The molecule has 7 heterocycles. The van der Waals surface area contributed by atoms with Gasteiger partial charge in [0.15, 0.2) is 5.82 Å². The fourth-order valence-corrected chi connectivity index (χ4v) is 9.91. The first-order chi connectivity index (χ1) is 29.4. The van der Waals surface area contributed by atoms with Crippen LogP contribution in [0.3, 0.4) is 0 Å². The van der Waals surface area contributed by atoms with Gasteiger partial charge in [-0.05, 0) is 82.1 Å². The molecule has 2 aromatic heterocycles. The number of anilines is 2. The molecule has 4 saturated heterocycles. The van der Waals surface area contributed by atoms with Gasteiger partial charge in [-0.2, -0.15) is 5.10 Å². The predicted molar refractivity (Wildman–Crippen MR) is 221 cm³/mol. The number of aromatic nitrogens is 4. The summed E-state index contributed by atoms with van der Waals surface area (Å²) in [7, 11) is 0. The lowest BCUT2D eigenvalue weighted by atomic mass is 9.90. The van der Waals surface area contributed by atoms with E-state index in [1.807, 2.05) is 24.3 Å². The van der Waals surface area contributed by atoms with Crippen molar-refractivity contribution in [1.82, 2.24) is 40.2 Å². The Morgan fingerprint density at radius 3 is 2.38 bits per heavy atom. The number of nitrogens with one attached hydrogen (secondary N) is 2. The second-order valence-corrected chi connectivity index (χ2v) is 18.2. The molecule has 322 valence electrons. The number of amides is 3. The Labute approximate surface area is 351 Å². The summed E-state index contributed by atoms with van der Waals surface area (Å²) in [5.74, 6) is -1.21. The smallest absolute Gasteiger partial charge is 0.255 e. The lowest BCUT2D eigenvalue weighted by Crippen LogP contribution is -2.54. The number of fused-ring (bicyclic) bond motifs is 2. The number of aromatic amines is 1. The molecule has 17 heteroatoms. The van der Waals surface area contributed by atoms with E-state index in [0.29, 0.717) is 51.5 Å². The van der Waals surface area contributed by atoms with E-state index in [2.05, 4.69) is 47.1 Å². The Kier molecular flexibility index (Phi) is 10.2. The summed E-state index contributed by atoms with van der Waals surface area (Å²) in [6.07, 6.45) is 6.31. The van der Waals surface area contributed by atoms with Crippen molar-refractivity contribution in [2.24, 2.45) is 5.92 Å². The molecule has 1 unspecified atom stereocenters. The van der Waals surface area contributed by atoms with Crippen LogP contribution in [-0.2, 0) is 16.1 Å². The van der Waals surface area contributed by atoms with E-state index in [4.69, 9.17) is 4.74 Å². The van der Waals surface area contributed by atoms with Gasteiger partial charge in [-0.3, -0.25) is 29.7 Å². The maximum Gasteiger partial charge on any atom is 0.255 e. The van der Waals surface area contributed by atoms with Crippen LogP contribution in [-0.4, -0.2) is 135 Å². The van der Waals surface area contributed by atoms with E-state index in [-0.39, 0.29) is 41.8 Å². The number of benzene rings is 2. The highest BCUT2D eigenvalue weighted by molar-refractivity contribution is 6.05. The summed E-state index contributed by atoms with van der Waals surface area (Å²) >= 11 is 0. The van der Waals surface area contributed by atoms with E-state index in [1.54, 1.807) is 11.2 Å². The largest absolute Gasteiger partial charge is 0.488 e. The van der Waals surface area contributed by atoms with Gasteiger partial charge in [0.2, 0.25) is 11.8 Å². The van der Waals surface area contributed by atoms with E-state index >= 15 is 13.2 Å². The number of hydrogen-bond acceptors (Lipinski definition) is 11. The maximum absolute atomic E-state index is 16.3. The number of alkyl halides is 1. The summed E-state index contributed by atoms with van der Waals surface area (Å²) in [5, 5.41) is 10.9. The number of carbonyl (C=O) groups excluding carboxylic acids is 3. The molecule has 1 atom stereocenters. The zero-order valence-electron chi connectivity index (χ0n) is 34.4. The van der Waals surface area contributed by atoms with Crippen molar-refractivity contribution in [3.63, 3.8) is 0 Å². The molecule has 2 N–H and O–H groups in total. The minimum Gasteiger partial charge on any atom is -0.488 e. The molecule has 0 spiro atoms. The maximum atomic E-state index is 16.3. The monoisotopic (exact) mass is 840 g/mol. The number of ether oxygens (including phenoxy) is 1. The third-order valence-corrected chi connectivity index (χ3v) is 13.9. The van der Waals surface area contributed by atoms with Crippen molar-refractivity contribution in [2.75, 3.05) is 75.2 Å². The molecule has 5 fully saturated rings. The number of hydrogen-bond donors (Lipinski definition) is 2. The molecule has 1 saturated carbocycles. The molecule has 0 bridgehead atoms. The summed E-state index contributed by atoms with van der Waals surface area (Å²) in [6.45, 7) is 8.38. The van der Waals surface area contributed by atoms with Gasteiger partial charge in [0.05, 0.1) is 23.3 Å². The standard InChI is InChI=1S/C44H51F3N10O4/c1-43(8-9-43)61-28-2-3-33-30(20-28)39(52-51-33)34-22-36(49-26-48-34)55-18-16-54(17-19-55)25-44(47)10-14-53(15-11-44)23-27-6-12-56(13-7-27)40-32(45)21-29-31(38(40)46)24-57(42(29)60)35-4-5-37(58)50-41(35)59/h2-3,20-22,26-27,35H,4-19,23-25H2,1H3,(H,51,52)(H,50,58,59). The average Bonchev–Trinajstić information content (AvgIpc) is 3.67. The fourth-order valence-electron chi connectivity index (χ4n) is 9.91. The Bertz CT molecular complexity index is 2370. The van der Waals surface area contributed by atoms with Crippen LogP contribution in [0.15, 0.2) is 36.7 Å². The minimum absolute atomic E-state index is 0.0747. The molecule has 4 aromatic rings. The Morgan fingerprint density at radius 1 is 0.869 bits per heavy atom. The highest BCUT2D eigenvalue weighted by Gasteiger charge is 2.43. The second kappa shape index (κ2) is 15.6. The topological polar surface area (TPSA) is 143 Å². The van der Waals surface area contributed by atoms with E-state index in [9.17, 15) is 14.4 Å². The molecule has 5 aliphatic heterocycles. The van der Waals surface area contributed by atoms with Crippen molar-refractivity contribution in [3.8, 4) is 17.1 Å². The first-order valence-electron chi connectivity index (χ1n) is 21.7. The number of piperazine rings is 1. The van der Waals surface area contributed by atoms with Crippen molar-refractivity contribution in [1.29, 1.82) is 0 Å². The van der Waals surface area contributed by atoms with Gasteiger partial charge in [0.25, 0.3) is 5.91 Å². The SMILES string of the molecule is CC1(Oc2ccc3[nH]nc(-c4cc(N5CCN(CC6(F)CCN(CC7CCN(c8c(F)cc9c(c8F)CN(C8CCC(=O)NC8=O)C9=O)CC7)CC6)CC5)ncn4)c3c2)CC1. The number of carbonyl (C=O) groups is 3. The van der Waals surface area contributed by atoms with Gasteiger partial charge in [-0.1, -0.05) is 0 Å². The van der Waals surface area contributed by atoms with Gasteiger partial charge in [0, 0.05) is 88.9 Å². The van der Waals surface area contributed by atoms with Gasteiger partial charge < -0.3 is 24.3 Å². The molecule has 10 rings (SSSR count). The first kappa shape index (κ1) is 39.8. The number of rotatable bonds is 10. The zero-order valence-corrected chi connectivity index (χ0v) is 34.4. The summed E-state index contributed by atoms with van der Waals surface area (Å²) in [6, 6.07) is 8.14. The lowest BCUT2D eigenvalue weighted by Gasteiger charge is -2.43. The van der Waals surface area contributed by atoms with E-state index in [1.165, 1.54) is 4.90 Å². The highest BCUT2D eigenvalue weighted by Crippen LogP contribution is 2.41. The molecular weight excluding hydrogens is 790 g/mol. The van der Waals surface area contributed by atoms with E-state index < -0.39 is 41.1 Å². The van der Waals surface area contributed by atoms with Crippen molar-refractivity contribution in [3.05, 3.63) is 59.4 Å². The van der Waals surface area contributed by atoms with Crippen LogP contribution >= 0.6 is 0 Å². The third-order valence-electron chi connectivity index (χ3n) is 13.9. The van der Waals surface area contributed by atoms with Crippen molar-refractivity contribution < 1.29 is 32.3 Å². The molecule has 61 heavy (non-hydrogen) atoms. The van der Waals surface area contributed by atoms with Crippen LogP contribution in [0.1, 0.15) is 74.2 Å². The Balaban J connectivity index is 0.688. The normalized spacial score (nSPS) is 23.4. The summed E-state index contributed by atoms with van der Waals surface area (Å²) in [4.78, 5) is 56.1. The van der Waals surface area contributed by atoms with Crippen LogP contribution in [0.5, 0.6) is 5.75 Å². The molecular formula is C44H51F3N10O4. The van der Waals surface area contributed by atoms with Crippen LogP contribution in [0.4, 0.5) is 24.7 Å². The molecule has 0 radical (unpaired) electrons. The summed E-state index contributed by atoms with van der Waals surface area (Å²) in [5.41, 5.74) is 0.930. The Hall–Kier alpha value is -5.29. The fraction of sp³-hybridized carbons (Fsp3) is 0.545. The average molecular weight is 841 g/mol. The van der Waals surface area contributed by atoms with Gasteiger partial charge >= 0.3 is 0 Å². The first-order valence-corrected chi connectivity index (χ1v) is 21.7. The molecule has 6 aliphatic rings. The van der Waals surface area contributed by atoms with Crippen molar-refractivity contribution >= 4 is 40.1 Å². The molecule has 3 amide bonds. The van der Waals surface area contributed by atoms with E-state index in [0.717, 1.165) is 98.3 Å². The number of piperidine rings is 3. The number of imide groups is 1. The number of halogens is 3. The van der Waals surface area contributed by atoms with Gasteiger partial charge in [-0.15, -0.1) is 0 Å². The van der Waals surface area contributed by atoms with Crippen molar-refractivity contribution in [2.45, 2.75) is 82.1 Å². The number of H-pyrrole nitrogens is 1. The second-order valence-electron chi connectivity index (χ2n) is 18.2. The number of nitrogens with zero attached hydrogens (tertiary/aromatic N) is 8. The van der Waals surface area contributed by atoms with Gasteiger partial charge in [-0.25, -0.2) is 23.1 Å². The van der Waals surface area contributed by atoms with Crippen LogP contribution in [0, 0.1) is 17.6 Å². The zero-order chi connectivity index (χ0) is 42.0. The van der Waals surface area contributed by atoms with Crippen LogP contribution < -0.4 is 19.9 Å². The third kappa shape index (κ3) is 7.90. The highest BCUT2D eigenvalue weighted by atomic mass is 19.1. The molecule has 2 aromatic carbocycles. The molecule has 14 nitrogen and oxygen atoms in total. The van der Waals surface area contributed by atoms with Crippen LogP contribution in [0.2, 0.25) is 0 Å². The quantitative estimate of drug-likeness (QED) is 0.212. The lowest BCUT2D eigenvalue weighted by molar-refractivity contribution is -0.136. The van der Waals surface area contributed by atoms with Crippen LogP contribution in [0.25, 0.3) is 22.3 Å². The van der Waals surface area contributed by atoms with Gasteiger partial charge in [0.1, 0.15) is 52.4 Å². The minimum atomic E-state index is -1.26. The summed E-state index contributed by atoms with van der Waals surface area (Å²) < 4.78 is 54.0. The predicted octanol–water partition coefficient (Wildman–Crippen LogP) is 4.83. The Morgan fingerprint density at radius 2 is 1.64 bits per heavy atom.